The molecular weight excluding hydrogens is 258 g/mol. The topological polar surface area (TPSA) is 49.3 Å². The van der Waals surface area contributed by atoms with Crippen LogP contribution in [0.4, 0.5) is 0 Å². The Kier molecular flexibility index (Phi) is 4.02. The van der Waals surface area contributed by atoms with Crippen molar-refractivity contribution < 1.29 is 9.90 Å². The van der Waals surface area contributed by atoms with Crippen molar-refractivity contribution in [2.75, 3.05) is 0 Å². The molecule has 0 aliphatic heterocycles. The molecule has 2 unspecified atom stereocenters. The van der Waals surface area contributed by atoms with Crippen molar-refractivity contribution in [1.29, 1.82) is 0 Å². The number of hydrogen-bond donors (Lipinski definition) is 2. The third kappa shape index (κ3) is 3.18. The first kappa shape index (κ1) is 14.5. The average molecular weight is 281 g/mol. The first-order valence-electron chi connectivity index (χ1n) is 6.91. The fourth-order valence-corrected chi connectivity index (χ4v) is 3.38. The summed E-state index contributed by atoms with van der Waals surface area (Å²) in [6, 6.07) is 2.03. The predicted molar refractivity (Wildman–Crippen MR) is 78.7 cm³/mol. The minimum atomic E-state index is -0.602. The fraction of sp³-hybridized carbons (Fsp3) is 0.667. The van der Waals surface area contributed by atoms with Gasteiger partial charge in [-0.25, -0.2) is 0 Å². The average Bonchev–Trinajstić information content (AvgIpc) is 2.71. The summed E-state index contributed by atoms with van der Waals surface area (Å²) in [5, 5.41) is 12.6. The summed E-state index contributed by atoms with van der Waals surface area (Å²) < 4.78 is 0. The number of fused-ring (bicyclic) bond motifs is 1. The molecule has 0 saturated carbocycles. The van der Waals surface area contributed by atoms with E-state index in [2.05, 4.69) is 12.2 Å². The van der Waals surface area contributed by atoms with Crippen molar-refractivity contribution in [2.45, 2.75) is 58.6 Å². The van der Waals surface area contributed by atoms with Crippen molar-refractivity contribution >= 4 is 17.2 Å². The molecule has 1 amide bonds. The van der Waals surface area contributed by atoms with Crippen molar-refractivity contribution in [3.05, 3.63) is 21.4 Å². The first-order valence-corrected chi connectivity index (χ1v) is 7.73. The van der Waals surface area contributed by atoms with E-state index in [4.69, 9.17) is 0 Å². The summed E-state index contributed by atoms with van der Waals surface area (Å²) in [7, 11) is 0. The molecule has 3 nitrogen and oxygen atoms in total. The van der Waals surface area contributed by atoms with Gasteiger partial charge >= 0.3 is 0 Å². The summed E-state index contributed by atoms with van der Waals surface area (Å²) >= 11 is 1.60. The van der Waals surface area contributed by atoms with Gasteiger partial charge in [0, 0.05) is 4.88 Å². The molecule has 19 heavy (non-hydrogen) atoms. The van der Waals surface area contributed by atoms with E-state index >= 15 is 0 Å². The zero-order valence-electron chi connectivity index (χ0n) is 12.1. The van der Waals surface area contributed by atoms with Gasteiger partial charge in [0.2, 0.25) is 0 Å². The quantitative estimate of drug-likeness (QED) is 0.895. The molecule has 0 fully saturated rings. The van der Waals surface area contributed by atoms with Crippen LogP contribution in [0.25, 0.3) is 0 Å². The molecular formula is C15H23NO2S. The molecule has 2 N–H and O–H groups in total. The highest BCUT2D eigenvalue weighted by atomic mass is 32.1. The maximum Gasteiger partial charge on any atom is 0.261 e. The molecule has 1 aromatic rings. The molecule has 106 valence electrons. The highest BCUT2D eigenvalue weighted by Crippen LogP contribution is 2.32. The molecule has 1 heterocycles. The van der Waals surface area contributed by atoms with E-state index in [9.17, 15) is 9.90 Å². The maximum atomic E-state index is 12.3. The second kappa shape index (κ2) is 5.25. The number of aliphatic hydroxyl groups excluding tert-OH is 1. The van der Waals surface area contributed by atoms with E-state index in [1.165, 1.54) is 16.9 Å². The number of hydrogen-bond acceptors (Lipinski definition) is 3. The summed E-state index contributed by atoms with van der Waals surface area (Å²) in [6.45, 7) is 7.63. The van der Waals surface area contributed by atoms with Crippen LogP contribution < -0.4 is 5.32 Å². The van der Waals surface area contributed by atoms with Gasteiger partial charge in [-0.2, -0.15) is 0 Å². The highest BCUT2D eigenvalue weighted by molar-refractivity contribution is 7.14. The van der Waals surface area contributed by atoms with E-state index in [1.807, 2.05) is 19.9 Å². The molecule has 1 aliphatic carbocycles. The molecule has 0 saturated heterocycles. The summed E-state index contributed by atoms with van der Waals surface area (Å²) in [5.41, 5.74) is 0.734. The van der Waals surface area contributed by atoms with Crippen LogP contribution in [-0.2, 0) is 12.8 Å². The third-order valence-corrected chi connectivity index (χ3v) is 5.27. The lowest BCUT2D eigenvalue weighted by molar-refractivity contribution is 0.0712. The van der Waals surface area contributed by atoms with Gasteiger partial charge in [0.15, 0.2) is 0 Å². The SMILES string of the molecule is CC1CCc2sc(C(=O)NC(C)(C)C(C)O)cc2C1. The normalized spacial score (nSPS) is 20.8. The van der Waals surface area contributed by atoms with E-state index < -0.39 is 11.6 Å². The van der Waals surface area contributed by atoms with Crippen LogP contribution in [0, 0.1) is 5.92 Å². The summed E-state index contributed by atoms with van der Waals surface area (Å²) in [4.78, 5) is 14.4. The Morgan fingerprint density at radius 1 is 1.58 bits per heavy atom. The molecule has 4 heteroatoms. The highest BCUT2D eigenvalue weighted by Gasteiger charge is 2.28. The van der Waals surface area contributed by atoms with E-state index in [1.54, 1.807) is 18.3 Å². The van der Waals surface area contributed by atoms with Crippen molar-refractivity contribution in [2.24, 2.45) is 5.92 Å². The lowest BCUT2D eigenvalue weighted by atomic mass is 9.90. The van der Waals surface area contributed by atoms with Crippen LogP contribution in [0.5, 0.6) is 0 Å². The third-order valence-electron chi connectivity index (χ3n) is 4.03. The predicted octanol–water partition coefficient (Wildman–Crippen LogP) is 2.76. The standard InChI is InChI=1S/C15H23NO2S/c1-9-5-6-12-11(7-9)8-13(19-12)14(18)16-15(3,4)10(2)17/h8-10,17H,5-7H2,1-4H3,(H,16,18). The zero-order valence-corrected chi connectivity index (χ0v) is 12.9. The van der Waals surface area contributed by atoms with E-state index in [0.717, 1.165) is 17.7 Å². The van der Waals surface area contributed by atoms with Crippen LogP contribution in [0.15, 0.2) is 6.07 Å². The lowest BCUT2D eigenvalue weighted by Crippen LogP contribution is -2.50. The van der Waals surface area contributed by atoms with Gasteiger partial charge in [0.1, 0.15) is 0 Å². The van der Waals surface area contributed by atoms with Crippen LogP contribution in [-0.4, -0.2) is 22.7 Å². The number of rotatable bonds is 3. The summed E-state index contributed by atoms with van der Waals surface area (Å²) in [5.74, 6) is 0.643. The maximum absolute atomic E-state index is 12.3. The Bertz CT molecular complexity index is 476. The Hall–Kier alpha value is -0.870. The fourth-order valence-electron chi connectivity index (χ4n) is 2.28. The van der Waals surface area contributed by atoms with Crippen molar-refractivity contribution in [3.63, 3.8) is 0 Å². The largest absolute Gasteiger partial charge is 0.391 e. The van der Waals surface area contributed by atoms with Gasteiger partial charge in [0.05, 0.1) is 16.5 Å². The second-order valence-corrected chi connectivity index (χ2v) is 7.40. The van der Waals surface area contributed by atoms with Gasteiger partial charge in [-0.05, 0) is 57.6 Å². The monoisotopic (exact) mass is 281 g/mol. The molecule has 0 aromatic carbocycles. The molecule has 2 rings (SSSR count). The van der Waals surface area contributed by atoms with Crippen molar-refractivity contribution in [3.8, 4) is 0 Å². The second-order valence-electron chi connectivity index (χ2n) is 6.26. The van der Waals surface area contributed by atoms with E-state index in [-0.39, 0.29) is 5.91 Å². The number of amides is 1. The van der Waals surface area contributed by atoms with Crippen LogP contribution in [0.3, 0.4) is 0 Å². The number of nitrogens with one attached hydrogen (secondary N) is 1. The van der Waals surface area contributed by atoms with Gasteiger partial charge < -0.3 is 10.4 Å². The number of aliphatic hydroxyl groups is 1. The Morgan fingerprint density at radius 2 is 2.26 bits per heavy atom. The Morgan fingerprint density at radius 3 is 2.89 bits per heavy atom. The lowest BCUT2D eigenvalue weighted by Gasteiger charge is -2.29. The number of carbonyl (C=O) groups excluding carboxylic acids is 1. The summed E-state index contributed by atoms with van der Waals surface area (Å²) in [6.07, 6.45) is 2.81. The minimum Gasteiger partial charge on any atom is -0.391 e. The molecule has 2 atom stereocenters. The molecule has 1 aromatic heterocycles. The number of aryl methyl sites for hydroxylation is 1. The van der Waals surface area contributed by atoms with Crippen LogP contribution in [0.2, 0.25) is 0 Å². The van der Waals surface area contributed by atoms with Crippen LogP contribution in [0.1, 0.15) is 54.2 Å². The molecule has 0 spiro atoms. The molecule has 0 bridgehead atoms. The van der Waals surface area contributed by atoms with Crippen LogP contribution >= 0.6 is 11.3 Å². The first-order chi connectivity index (χ1) is 8.79. The van der Waals surface area contributed by atoms with E-state index in [0.29, 0.717) is 5.92 Å². The zero-order chi connectivity index (χ0) is 14.2. The van der Waals surface area contributed by atoms with Gasteiger partial charge in [0.25, 0.3) is 5.91 Å². The number of thiophene rings is 1. The minimum absolute atomic E-state index is 0.0713. The Labute approximate surface area is 119 Å². The smallest absolute Gasteiger partial charge is 0.261 e. The van der Waals surface area contributed by atoms with Crippen molar-refractivity contribution in [1.82, 2.24) is 5.32 Å². The van der Waals surface area contributed by atoms with Gasteiger partial charge in [-0.1, -0.05) is 6.92 Å². The molecule has 0 radical (unpaired) electrons. The van der Waals surface area contributed by atoms with Gasteiger partial charge in [-0.15, -0.1) is 11.3 Å². The van der Waals surface area contributed by atoms with Gasteiger partial charge in [-0.3, -0.25) is 4.79 Å². The molecule has 1 aliphatic rings. The number of carbonyl (C=O) groups is 1. The Balaban J connectivity index is 2.13.